The van der Waals surface area contributed by atoms with Gasteiger partial charge in [-0.3, -0.25) is 9.59 Å². The van der Waals surface area contributed by atoms with Crippen molar-refractivity contribution >= 4 is 27.7 Å². The topological polar surface area (TPSA) is 58.2 Å². The van der Waals surface area contributed by atoms with E-state index >= 15 is 0 Å². The zero-order valence-corrected chi connectivity index (χ0v) is 13.2. The maximum absolute atomic E-state index is 11.9. The van der Waals surface area contributed by atoms with Crippen molar-refractivity contribution in [3.8, 4) is 0 Å². The van der Waals surface area contributed by atoms with Crippen LogP contribution in [0.5, 0.6) is 0 Å². The van der Waals surface area contributed by atoms with Gasteiger partial charge in [0.05, 0.1) is 6.54 Å². The second-order valence-electron chi connectivity index (χ2n) is 5.44. The number of rotatable bonds is 3. The van der Waals surface area contributed by atoms with Gasteiger partial charge in [0.15, 0.2) is 0 Å². The molecular weight excluding hydrogens is 308 g/mol. The molecule has 0 aromatic heterocycles. The first-order chi connectivity index (χ1) is 8.69. The Morgan fingerprint density at radius 2 is 1.89 bits per heavy atom. The Morgan fingerprint density at radius 1 is 1.26 bits per heavy atom. The monoisotopic (exact) mass is 326 g/mol. The standard InChI is InChI=1S/C14H19BrN2O2/c1-9-5-6-10(7-11(9)15)13(19)16-8-12(18)17-14(2,3)4/h5-7H,8H2,1-4H3,(H,16,19)(H,17,18). The molecule has 0 spiro atoms. The fourth-order valence-corrected chi connectivity index (χ4v) is 1.84. The fraction of sp³-hybridized carbons (Fsp3) is 0.429. The second kappa shape index (κ2) is 6.19. The maximum atomic E-state index is 11.9. The van der Waals surface area contributed by atoms with E-state index in [1.54, 1.807) is 12.1 Å². The predicted molar refractivity (Wildman–Crippen MR) is 79.1 cm³/mol. The van der Waals surface area contributed by atoms with Gasteiger partial charge in [0.25, 0.3) is 5.91 Å². The Bertz CT molecular complexity index is 493. The zero-order valence-electron chi connectivity index (χ0n) is 11.6. The molecule has 0 heterocycles. The largest absolute Gasteiger partial charge is 0.350 e. The molecule has 0 saturated heterocycles. The molecule has 1 aromatic carbocycles. The molecule has 0 unspecified atom stereocenters. The molecule has 0 aliphatic heterocycles. The van der Waals surface area contributed by atoms with Crippen LogP contribution in [-0.4, -0.2) is 23.9 Å². The summed E-state index contributed by atoms with van der Waals surface area (Å²) in [5.41, 5.74) is 1.29. The van der Waals surface area contributed by atoms with Gasteiger partial charge in [0, 0.05) is 15.6 Å². The number of halogens is 1. The number of hydrogen-bond donors (Lipinski definition) is 2. The lowest BCUT2D eigenvalue weighted by Gasteiger charge is -2.20. The normalized spacial score (nSPS) is 11.0. The minimum absolute atomic E-state index is 0.0262. The summed E-state index contributed by atoms with van der Waals surface area (Å²) in [6.45, 7) is 7.60. The van der Waals surface area contributed by atoms with E-state index in [0.29, 0.717) is 5.56 Å². The first-order valence-corrected chi connectivity index (χ1v) is 6.84. The smallest absolute Gasteiger partial charge is 0.251 e. The van der Waals surface area contributed by atoms with Crippen LogP contribution >= 0.6 is 15.9 Å². The second-order valence-corrected chi connectivity index (χ2v) is 6.30. The van der Waals surface area contributed by atoms with Gasteiger partial charge in [-0.05, 0) is 45.4 Å². The molecule has 104 valence electrons. The van der Waals surface area contributed by atoms with Crippen molar-refractivity contribution in [1.29, 1.82) is 0 Å². The van der Waals surface area contributed by atoms with Crippen molar-refractivity contribution in [2.45, 2.75) is 33.2 Å². The molecule has 0 saturated carbocycles. The third-order valence-corrected chi connectivity index (χ3v) is 3.21. The molecule has 0 radical (unpaired) electrons. The summed E-state index contributed by atoms with van der Waals surface area (Å²) in [6.07, 6.45) is 0. The highest BCUT2D eigenvalue weighted by Crippen LogP contribution is 2.17. The van der Waals surface area contributed by atoms with Crippen molar-refractivity contribution in [1.82, 2.24) is 10.6 Å². The van der Waals surface area contributed by atoms with Crippen molar-refractivity contribution in [2.75, 3.05) is 6.54 Å². The minimum atomic E-state index is -0.297. The summed E-state index contributed by atoms with van der Waals surface area (Å²) in [4.78, 5) is 23.4. The van der Waals surface area contributed by atoms with E-state index in [4.69, 9.17) is 0 Å². The molecule has 2 amide bonds. The quantitative estimate of drug-likeness (QED) is 0.896. The van der Waals surface area contributed by atoms with Gasteiger partial charge < -0.3 is 10.6 Å². The molecule has 0 atom stereocenters. The lowest BCUT2D eigenvalue weighted by Crippen LogP contribution is -2.45. The Balaban J connectivity index is 2.56. The third kappa shape index (κ3) is 5.42. The molecule has 4 nitrogen and oxygen atoms in total. The first-order valence-electron chi connectivity index (χ1n) is 6.04. The molecule has 1 rings (SSSR count). The zero-order chi connectivity index (χ0) is 14.6. The average Bonchev–Trinajstić information content (AvgIpc) is 2.27. The Morgan fingerprint density at radius 3 is 2.42 bits per heavy atom. The molecular formula is C14H19BrN2O2. The van der Waals surface area contributed by atoms with E-state index in [0.717, 1.165) is 10.0 Å². The average molecular weight is 327 g/mol. The fourth-order valence-electron chi connectivity index (χ4n) is 1.46. The minimum Gasteiger partial charge on any atom is -0.350 e. The van der Waals surface area contributed by atoms with Crippen LogP contribution in [0.1, 0.15) is 36.7 Å². The molecule has 0 aliphatic carbocycles. The van der Waals surface area contributed by atoms with E-state index in [1.165, 1.54) is 0 Å². The summed E-state index contributed by atoms with van der Waals surface area (Å²) in [5, 5.41) is 5.38. The Kier molecular flexibility index (Phi) is 5.11. The highest BCUT2D eigenvalue weighted by molar-refractivity contribution is 9.10. The van der Waals surface area contributed by atoms with Crippen LogP contribution in [0.25, 0.3) is 0 Å². The number of nitrogens with one attached hydrogen (secondary N) is 2. The Labute approximate surface area is 122 Å². The van der Waals surface area contributed by atoms with Crippen molar-refractivity contribution < 1.29 is 9.59 Å². The van der Waals surface area contributed by atoms with Crippen LogP contribution in [0.3, 0.4) is 0 Å². The highest BCUT2D eigenvalue weighted by atomic mass is 79.9. The van der Waals surface area contributed by atoms with Crippen LogP contribution < -0.4 is 10.6 Å². The van der Waals surface area contributed by atoms with Crippen LogP contribution in [0.2, 0.25) is 0 Å². The van der Waals surface area contributed by atoms with E-state index in [-0.39, 0.29) is 23.9 Å². The van der Waals surface area contributed by atoms with Crippen molar-refractivity contribution in [3.63, 3.8) is 0 Å². The number of carbonyl (C=O) groups is 2. The summed E-state index contributed by atoms with van der Waals surface area (Å²) in [7, 11) is 0. The Hall–Kier alpha value is -1.36. The lowest BCUT2D eigenvalue weighted by molar-refractivity contribution is -0.121. The van der Waals surface area contributed by atoms with Gasteiger partial charge in [-0.25, -0.2) is 0 Å². The molecule has 19 heavy (non-hydrogen) atoms. The van der Waals surface area contributed by atoms with Crippen LogP contribution in [-0.2, 0) is 4.79 Å². The lowest BCUT2D eigenvalue weighted by atomic mass is 10.1. The molecule has 0 bridgehead atoms. The number of carbonyl (C=O) groups excluding carboxylic acids is 2. The van der Waals surface area contributed by atoms with Gasteiger partial charge in [0.2, 0.25) is 5.91 Å². The van der Waals surface area contributed by atoms with Gasteiger partial charge in [0.1, 0.15) is 0 Å². The number of benzene rings is 1. The summed E-state index contributed by atoms with van der Waals surface area (Å²) in [6, 6.07) is 5.33. The van der Waals surface area contributed by atoms with Gasteiger partial charge in [-0.1, -0.05) is 22.0 Å². The molecule has 0 aliphatic rings. The van der Waals surface area contributed by atoms with Crippen LogP contribution in [0.4, 0.5) is 0 Å². The van der Waals surface area contributed by atoms with Crippen LogP contribution in [0.15, 0.2) is 22.7 Å². The van der Waals surface area contributed by atoms with Gasteiger partial charge in [-0.2, -0.15) is 0 Å². The predicted octanol–water partition coefficient (Wildman–Crippen LogP) is 2.40. The number of hydrogen-bond acceptors (Lipinski definition) is 2. The third-order valence-electron chi connectivity index (χ3n) is 2.36. The summed E-state index contributed by atoms with van der Waals surface area (Å²) in [5.74, 6) is -0.461. The van der Waals surface area contributed by atoms with Crippen molar-refractivity contribution in [3.05, 3.63) is 33.8 Å². The van der Waals surface area contributed by atoms with Gasteiger partial charge in [-0.15, -0.1) is 0 Å². The van der Waals surface area contributed by atoms with E-state index < -0.39 is 0 Å². The number of aryl methyl sites for hydroxylation is 1. The first kappa shape index (κ1) is 15.7. The van der Waals surface area contributed by atoms with Crippen molar-refractivity contribution in [2.24, 2.45) is 0 Å². The highest BCUT2D eigenvalue weighted by Gasteiger charge is 2.14. The molecule has 1 aromatic rings. The molecule has 0 fully saturated rings. The molecule has 5 heteroatoms. The van der Waals surface area contributed by atoms with E-state index in [1.807, 2.05) is 33.8 Å². The maximum Gasteiger partial charge on any atom is 0.251 e. The van der Waals surface area contributed by atoms with Crippen LogP contribution in [0, 0.1) is 6.92 Å². The van der Waals surface area contributed by atoms with Gasteiger partial charge >= 0.3 is 0 Å². The SMILES string of the molecule is Cc1ccc(C(=O)NCC(=O)NC(C)(C)C)cc1Br. The van der Waals surface area contributed by atoms with E-state index in [2.05, 4.69) is 26.6 Å². The molecule has 2 N–H and O–H groups in total. The summed E-state index contributed by atoms with van der Waals surface area (Å²) >= 11 is 3.37. The summed E-state index contributed by atoms with van der Waals surface area (Å²) < 4.78 is 0.874. The number of amides is 2. The van der Waals surface area contributed by atoms with E-state index in [9.17, 15) is 9.59 Å².